The van der Waals surface area contributed by atoms with Gasteiger partial charge in [-0.05, 0) is 79.7 Å². The summed E-state index contributed by atoms with van der Waals surface area (Å²) in [5.41, 5.74) is 2.09. The largest absolute Gasteiger partial charge is 0.508 e. The number of phenols is 1. The number of allylic oxidation sites excluding steroid dienone is 1. The third-order valence-electron chi connectivity index (χ3n) is 10.8. The molecule has 5 rings (SSSR count). The van der Waals surface area contributed by atoms with Gasteiger partial charge in [0.15, 0.2) is 0 Å². The number of anilines is 1. The highest BCUT2D eigenvalue weighted by Crippen LogP contribution is 2.63. The molecule has 46 heavy (non-hydrogen) atoms. The Morgan fingerprint density at radius 2 is 1.83 bits per heavy atom. The summed E-state index contributed by atoms with van der Waals surface area (Å²) < 4.78 is 17.6. The molecule has 3 fully saturated rings. The molecule has 0 bridgehead atoms. The average Bonchev–Trinajstić information content (AvgIpc) is 3.45. The minimum Gasteiger partial charge on any atom is -0.508 e. The third kappa shape index (κ3) is 7.10. The number of thiocarbonyl (C=S) groups is 1. The molecule has 6 atom stereocenters. The van der Waals surface area contributed by atoms with Crippen LogP contribution in [-0.2, 0) is 28.6 Å². The van der Waals surface area contributed by atoms with Gasteiger partial charge in [0.2, 0.25) is 0 Å². The molecule has 0 aromatic heterocycles. The Hall–Kier alpha value is -3.05. The Morgan fingerprint density at radius 3 is 2.43 bits per heavy atom. The minimum absolute atomic E-state index is 0.0714. The second-order valence-corrected chi connectivity index (χ2v) is 15.4. The highest BCUT2D eigenvalue weighted by Gasteiger charge is 2.60. The maximum Gasteiger partial charge on any atom is 0.335 e. The Bertz CT molecular complexity index is 1390. The van der Waals surface area contributed by atoms with E-state index in [9.17, 15) is 19.5 Å². The van der Waals surface area contributed by atoms with Crippen molar-refractivity contribution >= 4 is 51.9 Å². The van der Waals surface area contributed by atoms with Crippen LogP contribution in [0, 0.1) is 22.7 Å². The van der Waals surface area contributed by atoms with Crippen molar-refractivity contribution in [3.8, 4) is 5.75 Å². The van der Waals surface area contributed by atoms with Gasteiger partial charge in [-0.2, -0.15) is 0 Å². The molecule has 4 aliphatic rings. The molecule has 2 saturated carbocycles. The first-order chi connectivity index (χ1) is 21.8. The molecule has 1 aromatic rings. The normalized spacial score (nSPS) is 30.2. The van der Waals surface area contributed by atoms with Gasteiger partial charge in [-0.15, -0.1) is 0 Å². The van der Waals surface area contributed by atoms with Crippen molar-refractivity contribution in [1.82, 2.24) is 4.90 Å². The van der Waals surface area contributed by atoms with E-state index in [0.29, 0.717) is 18.4 Å². The van der Waals surface area contributed by atoms with Gasteiger partial charge < -0.3 is 29.1 Å². The van der Waals surface area contributed by atoms with Crippen molar-refractivity contribution in [3.63, 3.8) is 0 Å². The van der Waals surface area contributed by atoms with E-state index in [2.05, 4.69) is 30.2 Å². The first-order valence-corrected chi connectivity index (χ1v) is 17.5. The lowest BCUT2D eigenvalue weighted by atomic mass is 9.46. The number of carbonyl (C=O) groups excluding carboxylic acids is 3. The van der Waals surface area contributed by atoms with Crippen LogP contribution in [0.1, 0.15) is 59.8 Å². The van der Waals surface area contributed by atoms with Crippen molar-refractivity contribution in [2.45, 2.75) is 71.2 Å². The number of fused-ring (bicyclic) bond motifs is 1. The number of esters is 3. The Balaban J connectivity index is 1.35. The van der Waals surface area contributed by atoms with Gasteiger partial charge in [-0.3, -0.25) is 9.59 Å². The average molecular weight is 671 g/mol. The summed E-state index contributed by atoms with van der Waals surface area (Å²) in [6, 6.07) is 7.25. The molecule has 2 aliphatic heterocycles. The summed E-state index contributed by atoms with van der Waals surface area (Å²) in [5, 5.41) is 9.46. The number of aromatic hydroxyl groups is 1. The van der Waals surface area contributed by atoms with E-state index in [1.807, 2.05) is 18.2 Å². The molecule has 0 radical (unpaired) electrons. The number of carbonyl (C=O) groups is 3. The molecule has 2 heterocycles. The van der Waals surface area contributed by atoms with Crippen molar-refractivity contribution in [2.75, 3.05) is 44.3 Å². The van der Waals surface area contributed by atoms with E-state index in [-0.39, 0.29) is 65.5 Å². The standard InChI is InChI=1S/C35H46N2O7S2/c1-22-6-11-30-34(4,14-12-31(44-24(3)39)35(30,5)21-43-23(2)38)28(22)20-29(27-13-19-42-32(27)41)46-33(45)37-17-15-36(16-18-37)25-7-9-26(40)10-8-25/h7-10,13,28-31,40H,1,6,11-12,14-21H2,2-5H3/t28-,29+,30+,31-,34+,35+/m1/s1. The van der Waals surface area contributed by atoms with E-state index >= 15 is 0 Å². The van der Waals surface area contributed by atoms with Gasteiger partial charge in [-0.1, -0.05) is 50.0 Å². The lowest BCUT2D eigenvalue weighted by Crippen LogP contribution is -2.59. The molecule has 11 heteroatoms. The Labute approximate surface area is 281 Å². The summed E-state index contributed by atoms with van der Waals surface area (Å²) in [6.07, 6.45) is 5.33. The second kappa shape index (κ2) is 14.0. The van der Waals surface area contributed by atoms with Gasteiger partial charge in [0.25, 0.3) is 0 Å². The van der Waals surface area contributed by atoms with Crippen LogP contribution in [0.4, 0.5) is 5.69 Å². The van der Waals surface area contributed by atoms with E-state index in [1.54, 1.807) is 23.9 Å². The zero-order valence-corrected chi connectivity index (χ0v) is 28.9. The lowest BCUT2D eigenvalue weighted by molar-refractivity contribution is -0.191. The topological polar surface area (TPSA) is 106 Å². The fraction of sp³-hybridized carbons (Fsp3) is 0.600. The molecule has 0 spiro atoms. The molecular weight excluding hydrogens is 625 g/mol. The summed E-state index contributed by atoms with van der Waals surface area (Å²) >= 11 is 7.59. The van der Waals surface area contributed by atoms with Crippen LogP contribution in [0.15, 0.2) is 48.1 Å². The quantitative estimate of drug-likeness (QED) is 0.160. The minimum atomic E-state index is -0.566. The predicted octanol–water partition coefficient (Wildman–Crippen LogP) is 5.66. The monoisotopic (exact) mass is 670 g/mol. The zero-order chi connectivity index (χ0) is 33.2. The third-order valence-corrected chi connectivity index (χ3v) is 12.5. The number of hydrogen-bond donors (Lipinski definition) is 1. The number of thioether (sulfide) groups is 1. The first kappa shape index (κ1) is 34.3. The van der Waals surface area contributed by atoms with Crippen LogP contribution in [0.2, 0.25) is 0 Å². The lowest BCUT2D eigenvalue weighted by Gasteiger charge is -2.60. The van der Waals surface area contributed by atoms with Crippen molar-refractivity contribution in [1.29, 1.82) is 0 Å². The highest BCUT2D eigenvalue weighted by molar-refractivity contribution is 8.23. The van der Waals surface area contributed by atoms with Gasteiger partial charge in [0.05, 0.1) is 5.57 Å². The molecule has 9 nitrogen and oxygen atoms in total. The molecule has 0 unspecified atom stereocenters. The maximum atomic E-state index is 13.0. The fourth-order valence-electron chi connectivity index (χ4n) is 8.35. The summed E-state index contributed by atoms with van der Waals surface area (Å²) in [6.45, 7) is 15.3. The van der Waals surface area contributed by atoms with E-state index in [4.69, 9.17) is 26.4 Å². The van der Waals surface area contributed by atoms with Crippen LogP contribution in [0.25, 0.3) is 0 Å². The molecule has 1 aromatic carbocycles. The number of nitrogens with zero attached hydrogens (tertiary/aromatic N) is 2. The number of ether oxygens (including phenoxy) is 3. The Morgan fingerprint density at radius 1 is 1.13 bits per heavy atom. The van der Waals surface area contributed by atoms with Crippen LogP contribution >= 0.6 is 24.0 Å². The number of benzene rings is 1. The second-order valence-electron chi connectivity index (χ2n) is 13.6. The summed E-state index contributed by atoms with van der Waals surface area (Å²) in [4.78, 5) is 41.5. The summed E-state index contributed by atoms with van der Waals surface area (Å²) in [5.74, 6) is -0.561. The van der Waals surface area contributed by atoms with Gasteiger partial charge in [0.1, 0.15) is 29.4 Å². The van der Waals surface area contributed by atoms with Crippen molar-refractivity contribution in [2.24, 2.45) is 22.7 Å². The van der Waals surface area contributed by atoms with Crippen LogP contribution in [0.3, 0.4) is 0 Å². The molecule has 0 amide bonds. The SMILES string of the molecule is C=C1CC[C@@H]2[C@](C)(COC(C)=O)[C@H](OC(C)=O)CC[C@@]2(C)[C@@H]1C[C@H](SC(=S)N1CCN(c2ccc(O)cc2)CC1)C1=CCOC1=O. The molecule has 1 saturated heterocycles. The number of cyclic esters (lactones) is 1. The smallest absolute Gasteiger partial charge is 0.335 e. The fourth-order valence-corrected chi connectivity index (χ4v) is 10.1. The van der Waals surface area contributed by atoms with E-state index < -0.39 is 5.41 Å². The van der Waals surface area contributed by atoms with Gasteiger partial charge in [-0.25, -0.2) is 4.79 Å². The number of hydrogen-bond acceptors (Lipinski definition) is 10. The van der Waals surface area contributed by atoms with Crippen molar-refractivity contribution < 1.29 is 33.7 Å². The Kier molecular flexibility index (Phi) is 10.4. The molecule has 2 aliphatic carbocycles. The van der Waals surface area contributed by atoms with Crippen LogP contribution in [0.5, 0.6) is 5.75 Å². The zero-order valence-electron chi connectivity index (χ0n) is 27.3. The number of phenolic OH excluding ortho intramolecular Hbond substituents is 1. The highest BCUT2D eigenvalue weighted by atomic mass is 32.2. The molecular formula is C35H46N2O7S2. The molecule has 250 valence electrons. The van der Waals surface area contributed by atoms with Crippen molar-refractivity contribution in [3.05, 3.63) is 48.1 Å². The van der Waals surface area contributed by atoms with E-state index in [0.717, 1.165) is 61.0 Å². The van der Waals surface area contributed by atoms with Gasteiger partial charge >= 0.3 is 17.9 Å². The first-order valence-electron chi connectivity index (χ1n) is 16.2. The summed E-state index contributed by atoms with van der Waals surface area (Å²) in [7, 11) is 0. The number of piperazine rings is 1. The molecule has 1 N–H and O–H groups in total. The van der Waals surface area contributed by atoms with Crippen LogP contribution < -0.4 is 4.90 Å². The van der Waals surface area contributed by atoms with Crippen LogP contribution in [-0.4, -0.2) is 83.0 Å². The van der Waals surface area contributed by atoms with Gasteiger partial charge in [0, 0.05) is 56.4 Å². The maximum absolute atomic E-state index is 13.0. The predicted molar refractivity (Wildman–Crippen MR) is 183 cm³/mol. The number of rotatable bonds is 8. The van der Waals surface area contributed by atoms with E-state index in [1.165, 1.54) is 13.8 Å².